The van der Waals surface area contributed by atoms with Crippen molar-refractivity contribution in [1.29, 1.82) is 0 Å². The molecule has 0 aliphatic carbocycles. The van der Waals surface area contributed by atoms with Crippen molar-refractivity contribution in [2.75, 3.05) is 43.1 Å². The SMILES string of the molecule is CCc1cnc(N2CCN(c3cc(OC)ncn3)CC2)nc1. The molecule has 1 fully saturated rings. The fraction of sp³-hybridized carbons (Fsp3) is 0.467. The van der Waals surface area contributed by atoms with Gasteiger partial charge in [0.05, 0.1) is 7.11 Å². The smallest absolute Gasteiger partial charge is 0.225 e. The van der Waals surface area contributed by atoms with Gasteiger partial charge in [0, 0.05) is 44.6 Å². The Morgan fingerprint density at radius 2 is 1.68 bits per heavy atom. The molecule has 116 valence electrons. The number of aryl methyl sites for hydroxylation is 1. The van der Waals surface area contributed by atoms with Crippen molar-refractivity contribution in [3.05, 3.63) is 30.4 Å². The van der Waals surface area contributed by atoms with Gasteiger partial charge in [-0.3, -0.25) is 0 Å². The maximum atomic E-state index is 5.15. The fourth-order valence-electron chi connectivity index (χ4n) is 2.44. The second-order valence-electron chi connectivity index (χ2n) is 5.14. The topological polar surface area (TPSA) is 67.3 Å². The number of ether oxygens (including phenoxy) is 1. The van der Waals surface area contributed by atoms with Gasteiger partial charge >= 0.3 is 0 Å². The summed E-state index contributed by atoms with van der Waals surface area (Å²) in [5, 5.41) is 0. The van der Waals surface area contributed by atoms with E-state index in [-0.39, 0.29) is 0 Å². The van der Waals surface area contributed by atoms with Gasteiger partial charge in [0.1, 0.15) is 12.1 Å². The number of piperazine rings is 1. The highest BCUT2D eigenvalue weighted by molar-refractivity contribution is 5.43. The Morgan fingerprint density at radius 3 is 2.32 bits per heavy atom. The Hall–Kier alpha value is -2.44. The van der Waals surface area contributed by atoms with Crippen molar-refractivity contribution in [3.63, 3.8) is 0 Å². The molecule has 0 aromatic carbocycles. The lowest BCUT2D eigenvalue weighted by Gasteiger charge is -2.35. The molecule has 0 unspecified atom stereocenters. The zero-order chi connectivity index (χ0) is 15.4. The summed E-state index contributed by atoms with van der Waals surface area (Å²) in [4.78, 5) is 21.7. The molecule has 0 spiro atoms. The van der Waals surface area contributed by atoms with E-state index in [2.05, 4.69) is 36.7 Å². The molecule has 0 amide bonds. The van der Waals surface area contributed by atoms with Gasteiger partial charge in [-0.25, -0.2) is 19.9 Å². The van der Waals surface area contributed by atoms with E-state index in [9.17, 15) is 0 Å². The highest BCUT2D eigenvalue weighted by Crippen LogP contribution is 2.18. The predicted octanol–water partition coefficient (Wildman–Crippen LogP) is 1.16. The van der Waals surface area contributed by atoms with E-state index in [0.29, 0.717) is 5.88 Å². The van der Waals surface area contributed by atoms with Gasteiger partial charge in [-0.05, 0) is 12.0 Å². The van der Waals surface area contributed by atoms with Crippen molar-refractivity contribution in [3.8, 4) is 5.88 Å². The summed E-state index contributed by atoms with van der Waals surface area (Å²) in [5.74, 6) is 2.29. The molecule has 1 aliphatic rings. The fourth-order valence-corrected chi connectivity index (χ4v) is 2.44. The van der Waals surface area contributed by atoms with Gasteiger partial charge < -0.3 is 14.5 Å². The Morgan fingerprint density at radius 1 is 1.00 bits per heavy atom. The van der Waals surface area contributed by atoms with Gasteiger partial charge in [0.2, 0.25) is 11.8 Å². The van der Waals surface area contributed by atoms with Crippen LogP contribution in [-0.4, -0.2) is 53.2 Å². The van der Waals surface area contributed by atoms with E-state index in [4.69, 9.17) is 4.74 Å². The van der Waals surface area contributed by atoms with Gasteiger partial charge in [-0.2, -0.15) is 0 Å². The van der Waals surface area contributed by atoms with Gasteiger partial charge in [-0.1, -0.05) is 6.92 Å². The summed E-state index contributed by atoms with van der Waals surface area (Å²) < 4.78 is 5.15. The van der Waals surface area contributed by atoms with Crippen LogP contribution in [0.25, 0.3) is 0 Å². The molecule has 0 N–H and O–H groups in total. The molecule has 7 nitrogen and oxygen atoms in total. The number of anilines is 2. The third-order valence-electron chi connectivity index (χ3n) is 3.82. The standard InChI is InChI=1S/C15H20N6O/c1-3-12-9-16-15(17-10-12)21-6-4-20(5-7-21)13-8-14(22-2)19-11-18-13/h8-11H,3-7H2,1-2H3. The number of hydrogen-bond donors (Lipinski definition) is 0. The third kappa shape index (κ3) is 3.08. The molecule has 1 aliphatic heterocycles. The Labute approximate surface area is 130 Å². The molecule has 1 saturated heterocycles. The lowest BCUT2D eigenvalue weighted by molar-refractivity contribution is 0.396. The Kier molecular flexibility index (Phi) is 4.32. The Balaban J connectivity index is 1.64. The molecule has 3 rings (SSSR count). The second-order valence-corrected chi connectivity index (χ2v) is 5.14. The van der Waals surface area contributed by atoms with Crippen LogP contribution in [0.5, 0.6) is 5.88 Å². The van der Waals surface area contributed by atoms with Crippen LogP contribution in [0, 0.1) is 0 Å². The normalized spacial score (nSPS) is 15.0. The number of nitrogens with zero attached hydrogens (tertiary/aromatic N) is 6. The van der Waals surface area contributed by atoms with E-state index in [0.717, 1.165) is 49.9 Å². The molecular weight excluding hydrogens is 280 g/mol. The summed E-state index contributed by atoms with van der Waals surface area (Å²) in [6.07, 6.45) is 6.31. The van der Waals surface area contributed by atoms with Crippen LogP contribution in [0.4, 0.5) is 11.8 Å². The second kappa shape index (κ2) is 6.55. The first-order chi connectivity index (χ1) is 10.8. The molecule has 0 radical (unpaired) electrons. The van der Waals surface area contributed by atoms with Crippen molar-refractivity contribution >= 4 is 11.8 Å². The van der Waals surface area contributed by atoms with Crippen LogP contribution in [0.1, 0.15) is 12.5 Å². The molecule has 0 saturated carbocycles. The van der Waals surface area contributed by atoms with Gasteiger partial charge in [0.15, 0.2) is 0 Å². The monoisotopic (exact) mass is 300 g/mol. The predicted molar refractivity (Wildman–Crippen MR) is 84.4 cm³/mol. The minimum Gasteiger partial charge on any atom is -0.481 e. The van der Waals surface area contributed by atoms with Gasteiger partial charge in [-0.15, -0.1) is 0 Å². The highest BCUT2D eigenvalue weighted by atomic mass is 16.5. The quantitative estimate of drug-likeness (QED) is 0.839. The average molecular weight is 300 g/mol. The molecule has 0 bridgehead atoms. The minimum atomic E-state index is 0.589. The third-order valence-corrected chi connectivity index (χ3v) is 3.82. The van der Waals surface area contributed by atoms with E-state index in [1.165, 1.54) is 6.33 Å². The maximum absolute atomic E-state index is 5.15. The molecule has 0 atom stereocenters. The molecule has 3 heterocycles. The average Bonchev–Trinajstić information content (AvgIpc) is 2.62. The molecule has 2 aromatic heterocycles. The summed E-state index contributed by atoms with van der Waals surface area (Å²) >= 11 is 0. The van der Waals surface area contributed by atoms with Crippen molar-refractivity contribution in [1.82, 2.24) is 19.9 Å². The summed E-state index contributed by atoms with van der Waals surface area (Å²) in [6, 6.07) is 1.86. The van der Waals surface area contributed by atoms with Crippen LogP contribution in [-0.2, 0) is 6.42 Å². The molecular formula is C15H20N6O. The van der Waals surface area contributed by atoms with E-state index >= 15 is 0 Å². The first-order valence-corrected chi connectivity index (χ1v) is 7.47. The minimum absolute atomic E-state index is 0.589. The largest absolute Gasteiger partial charge is 0.481 e. The number of methoxy groups -OCH3 is 1. The highest BCUT2D eigenvalue weighted by Gasteiger charge is 2.20. The van der Waals surface area contributed by atoms with Crippen molar-refractivity contribution in [2.45, 2.75) is 13.3 Å². The number of aromatic nitrogens is 4. The van der Waals surface area contributed by atoms with E-state index < -0.39 is 0 Å². The van der Waals surface area contributed by atoms with Crippen LogP contribution in [0.15, 0.2) is 24.8 Å². The Bertz CT molecular complexity index is 610. The van der Waals surface area contributed by atoms with Crippen LogP contribution < -0.4 is 14.5 Å². The van der Waals surface area contributed by atoms with Crippen LogP contribution in [0.2, 0.25) is 0 Å². The van der Waals surface area contributed by atoms with Gasteiger partial charge in [0.25, 0.3) is 0 Å². The summed E-state index contributed by atoms with van der Waals surface area (Å²) in [6.45, 7) is 5.60. The lowest BCUT2D eigenvalue weighted by Crippen LogP contribution is -2.47. The van der Waals surface area contributed by atoms with Crippen molar-refractivity contribution < 1.29 is 4.74 Å². The summed E-state index contributed by atoms with van der Waals surface area (Å²) in [7, 11) is 1.61. The van der Waals surface area contributed by atoms with E-state index in [1.807, 2.05) is 18.5 Å². The van der Waals surface area contributed by atoms with Crippen molar-refractivity contribution in [2.24, 2.45) is 0 Å². The first kappa shape index (κ1) is 14.5. The molecule has 2 aromatic rings. The molecule has 22 heavy (non-hydrogen) atoms. The molecule has 7 heteroatoms. The van der Waals surface area contributed by atoms with Crippen LogP contribution >= 0.6 is 0 Å². The zero-order valence-electron chi connectivity index (χ0n) is 12.9. The zero-order valence-corrected chi connectivity index (χ0v) is 12.9. The number of rotatable bonds is 4. The van der Waals surface area contributed by atoms with E-state index in [1.54, 1.807) is 7.11 Å². The first-order valence-electron chi connectivity index (χ1n) is 7.47. The lowest BCUT2D eigenvalue weighted by atomic mass is 10.3. The number of hydrogen-bond acceptors (Lipinski definition) is 7. The summed E-state index contributed by atoms with van der Waals surface area (Å²) in [5.41, 5.74) is 1.16. The van der Waals surface area contributed by atoms with Crippen LogP contribution in [0.3, 0.4) is 0 Å². The maximum Gasteiger partial charge on any atom is 0.225 e.